The minimum atomic E-state index is -0.462. The summed E-state index contributed by atoms with van der Waals surface area (Å²) in [6.45, 7) is 1.71. The van der Waals surface area contributed by atoms with Crippen LogP contribution < -0.4 is 4.90 Å². The summed E-state index contributed by atoms with van der Waals surface area (Å²) >= 11 is 3.25. The van der Waals surface area contributed by atoms with E-state index in [4.69, 9.17) is 4.74 Å². The normalized spacial score (nSPS) is 12.3. The second-order valence-corrected chi connectivity index (χ2v) is 3.91. The maximum Gasteiger partial charge on any atom is 0.256 e. The van der Waals surface area contributed by atoms with Gasteiger partial charge < -0.3 is 4.74 Å². The number of hydrogen-bond donors (Lipinski definition) is 0. The van der Waals surface area contributed by atoms with Crippen LogP contribution in [-0.4, -0.2) is 31.2 Å². The number of pyridine rings is 1. The highest BCUT2D eigenvalue weighted by molar-refractivity contribution is 9.10. The van der Waals surface area contributed by atoms with Crippen molar-refractivity contribution in [1.29, 1.82) is 0 Å². The first-order valence-electron chi connectivity index (χ1n) is 4.49. The summed E-state index contributed by atoms with van der Waals surface area (Å²) in [5, 5.41) is 0. The van der Waals surface area contributed by atoms with Crippen LogP contribution in [0, 0.1) is 0 Å². The molecule has 0 aromatic carbocycles. The summed E-state index contributed by atoms with van der Waals surface area (Å²) in [6.07, 6.45) is -0.462. The summed E-state index contributed by atoms with van der Waals surface area (Å²) in [6, 6.07) is 5.40. The lowest BCUT2D eigenvalue weighted by Crippen LogP contribution is -2.36. The number of likely N-dealkylation sites (N-methyl/N-ethyl adjacent to an activating group) is 1. The van der Waals surface area contributed by atoms with Crippen molar-refractivity contribution in [3.63, 3.8) is 0 Å². The van der Waals surface area contributed by atoms with Crippen LogP contribution in [0.1, 0.15) is 6.92 Å². The number of amides is 1. The van der Waals surface area contributed by atoms with Crippen molar-refractivity contribution >= 4 is 27.7 Å². The molecular weight excluding hydrogens is 260 g/mol. The molecule has 82 valence electrons. The number of rotatable bonds is 3. The van der Waals surface area contributed by atoms with Crippen molar-refractivity contribution in [2.75, 3.05) is 19.1 Å². The van der Waals surface area contributed by atoms with Crippen LogP contribution in [0.5, 0.6) is 0 Å². The van der Waals surface area contributed by atoms with E-state index in [0.29, 0.717) is 10.4 Å². The Balaban J connectivity index is 2.85. The summed E-state index contributed by atoms with van der Waals surface area (Å²) < 4.78 is 5.65. The van der Waals surface area contributed by atoms with E-state index in [0.717, 1.165) is 0 Å². The van der Waals surface area contributed by atoms with Crippen LogP contribution in [-0.2, 0) is 9.53 Å². The molecule has 0 aliphatic rings. The summed E-state index contributed by atoms with van der Waals surface area (Å²) in [4.78, 5) is 17.4. The number of carbonyl (C=O) groups excluding carboxylic acids is 1. The van der Waals surface area contributed by atoms with Gasteiger partial charge in [-0.15, -0.1) is 0 Å². The molecule has 0 unspecified atom stereocenters. The van der Waals surface area contributed by atoms with Crippen molar-refractivity contribution in [2.45, 2.75) is 13.0 Å². The van der Waals surface area contributed by atoms with Crippen LogP contribution in [0.4, 0.5) is 5.82 Å². The van der Waals surface area contributed by atoms with Crippen molar-refractivity contribution in [3.05, 3.63) is 22.8 Å². The van der Waals surface area contributed by atoms with Gasteiger partial charge in [0.25, 0.3) is 5.91 Å². The molecular formula is C10H13BrN2O2. The Kier molecular flexibility index (Phi) is 4.23. The van der Waals surface area contributed by atoms with E-state index in [2.05, 4.69) is 20.9 Å². The Labute approximate surface area is 97.4 Å². The maximum atomic E-state index is 11.7. The molecule has 4 nitrogen and oxygen atoms in total. The van der Waals surface area contributed by atoms with Crippen LogP contribution in [0.3, 0.4) is 0 Å². The zero-order valence-electron chi connectivity index (χ0n) is 8.90. The average molecular weight is 273 g/mol. The van der Waals surface area contributed by atoms with Gasteiger partial charge in [-0.1, -0.05) is 6.07 Å². The van der Waals surface area contributed by atoms with E-state index in [-0.39, 0.29) is 5.91 Å². The molecule has 1 amide bonds. The van der Waals surface area contributed by atoms with E-state index >= 15 is 0 Å². The second kappa shape index (κ2) is 5.23. The molecule has 0 saturated carbocycles. The molecule has 1 aromatic rings. The van der Waals surface area contributed by atoms with Gasteiger partial charge in [0.05, 0.1) is 0 Å². The van der Waals surface area contributed by atoms with Crippen LogP contribution >= 0.6 is 15.9 Å². The molecule has 0 radical (unpaired) electrons. The van der Waals surface area contributed by atoms with Gasteiger partial charge in [0.1, 0.15) is 16.5 Å². The largest absolute Gasteiger partial charge is 0.372 e. The van der Waals surface area contributed by atoms with Crippen molar-refractivity contribution in [3.8, 4) is 0 Å². The Bertz CT molecular complexity index is 357. The molecule has 0 aliphatic heterocycles. The molecule has 0 aliphatic carbocycles. The number of anilines is 1. The fourth-order valence-corrected chi connectivity index (χ4v) is 1.41. The highest BCUT2D eigenvalue weighted by atomic mass is 79.9. The third-order valence-electron chi connectivity index (χ3n) is 2.08. The summed E-state index contributed by atoms with van der Waals surface area (Å²) in [7, 11) is 3.18. The standard InChI is InChI=1S/C10H13BrN2O2/c1-7(15-3)10(14)13(2)9-6-4-5-8(11)12-9/h4-7H,1-3H3/t7-/m1/s1. The zero-order valence-corrected chi connectivity index (χ0v) is 10.5. The molecule has 0 bridgehead atoms. The average Bonchev–Trinajstić information content (AvgIpc) is 2.26. The molecule has 0 spiro atoms. The van der Waals surface area contributed by atoms with Gasteiger partial charge in [0.2, 0.25) is 0 Å². The molecule has 1 rings (SSSR count). The third kappa shape index (κ3) is 3.00. The number of aromatic nitrogens is 1. The Morgan fingerprint density at radius 3 is 2.80 bits per heavy atom. The second-order valence-electron chi connectivity index (χ2n) is 3.09. The van der Waals surface area contributed by atoms with Crippen molar-refractivity contribution in [1.82, 2.24) is 4.98 Å². The fraction of sp³-hybridized carbons (Fsp3) is 0.400. The molecule has 5 heteroatoms. The minimum Gasteiger partial charge on any atom is -0.372 e. The first-order chi connectivity index (χ1) is 7.06. The van der Waals surface area contributed by atoms with E-state index in [1.165, 1.54) is 12.0 Å². The number of hydrogen-bond acceptors (Lipinski definition) is 3. The summed E-state index contributed by atoms with van der Waals surface area (Å²) in [5.41, 5.74) is 0. The lowest BCUT2D eigenvalue weighted by Gasteiger charge is -2.19. The molecule has 15 heavy (non-hydrogen) atoms. The number of carbonyl (C=O) groups is 1. The number of nitrogens with zero attached hydrogens (tertiary/aromatic N) is 2. The number of methoxy groups -OCH3 is 1. The van der Waals surface area contributed by atoms with Gasteiger partial charge in [-0.2, -0.15) is 0 Å². The monoisotopic (exact) mass is 272 g/mol. The smallest absolute Gasteiger partial charge is 0.256 e. The van der Waals surface area contributed by atoms with E-state index in [9.17, 15) is 4.79 Å². The highest BCUT2D eigenvalue weighted by Crippen LogP contribution is 2.14. The van der Waals surface area contributed by atoms with Gasteiger partial charge in [-0.3, -0.25) is 9.69 Å². The molecule has 1 heterocycles. The maximum absolute atomic E-state index is 11.7. The number of ether oxygens (including phenoxy) is 1. The molecule has 1 atom stereocenters. The molecule has 0 fully saturated rings. The van der Waals surface area contributed by atoms with Crippen LogP contribution in [0.15, 0.2) is 22.8 Å². The van der Waals surface area contributed by atoms with E-state index in [1.54, 1.807) is 20.0 Å². The lowest BCUT2D eigenvalue weighted by atomic mass is 10.3. The van der Waals surface area contributed by atoms with E-state index < -0.39 is 6.10 Å². The van der Waals surface area contributed by atoms with Gasteiger partial charge in [0.15, 0.2) is 0 Å². The predicted octanol–water partition coefficient (Wildman–Crippen LogP) is 1.84. The van der Waals surface area contributed by atoms with Crippen molar-refractivity contribution in [2.24, 2.45) is 0 Å². The zero-order chi connectivity index (χ0) is 11.4. The van der Waals surface area contributed by atoms with Crippen molar-refractivity contribution < 1.29 is 9.53 Å². The Hall–Kier alpha value is -0.940. The fourth-order valence-electron chi connectivity index (χ4n) is 1.07. The van der Waals surface area contributed by atoms with Crippen LogP contribution in [0.25, 0.3) is 0 Å². The summed E-state index contributed by atoms with van der Waals surface area (Å²) in [5.74, 6) is 0.473. The van der Waals surface area contributed by atoms with Gasteiger partial charge in [-0.05, 0) is 35.0 Å². The molecule has 0 saturated heterocycles. The first kappa shape index (κ1) is 12.1. The van der Waals surface area contributed by atoms with Gasteiger partial charge in [0, 0.05) is 14.2 Å². The van der Waals surface area contributed by atoms with Gasteiger partial charge >= 0.3 is 0 Å². The quantitative estimate of drug-likeness (QED) is 0.789. The topological polar surface area (TPSA) is 42.4 Å². The third-order valence-corrected chi connectivity index (χ3v) is 2.52. The Morgan fingerprint density at radius 2 is 2.27 bits per heavy atom. The molecule has 1 aromatic heterocycles. The predicted molar refractivity (Wildman–Crippen MR) is 61.8 cm³/mol. The highest BCUT2D eigenvalue weighted by Gasteiger charge is 2.18. The van der Waals surface area contributed by atoms with E-state index in [1.807, 2.05) is 12.1 Å². The lowest BCUT2D eigenvalue weighted by molar-refractivity contribution is -0.127. The SMILES string of the molecule is CO[C@H](C)C(=O)N(C)c1cccc(Br)n1. The van der Waals surface area contributed by atoms with Gasteiger partial charge in [-0.25, -0.2) is 4.98 Å². The first-order valence-corrected chi connectivity index (χ1v) is 5.28. The Morgan fingerprint density at radius 1 is 1.60 bits per heavy atom. The molecule has 0 N–H and O–H groups in total. The number of halogens is 1. The minimum absolute atomic E-state index is 0.122. The van der Waals surface area contributed by atoms with Crippen LogP contribution in [0.2, 0.25) is 0 Å².